The van der Waals surface area contributed by atoms with E-state index in [1.807, 2.05) is 19.2 Å². The van der Waals surface area contributed by atoms with Crippen molar-refractivity contribution in [2.45, 2.75) is 19.3 Å². The molecule has 0 amide bonds. The monoisotopic (exact) mass is 366 g/mol. The molecular weight excluding hydrogens is 340 g/mol. The van der Waals surface area contributed by atoms with Crippen molar-refractivity contribution in [3.8, 4) is 5.75 Å². The second kappa shape index (κ2) is 7.73. The van der Waals surface area contributed by atoms with E-state index in [2.05, 4.69) is 44.6 Å². The molecule has 27 heavy (non-hydrogen) atoms. The maximum Gasteiger partial charge on any atom is 0.241 e. The third-order valence-electron chi connectivity index (χ3n) is 4.94. The fourth-order valence-corrected chi connectivity index (χ4v) is 3.54. The van der Waals surface area contributed by atoms with Crippen molar-refractivity contribution in [2.24, 2.45) is 7.05 Å². The molecule has 3 aromatic rings. The highest BCUT2D eigenvalue weighted by Crippen LogP contribution is 2.31. The molecule has 7 heteroatoms. The van der Waals surface area contributed by atoms with Gasteiger partial charge in [0.2, 0.25) is 11.9 Å². The number of nitrogens with zero attached hydrogens (tertiary/aromatic N) is 4. The average Bonchev–Trinajstić information content (AvgIpc) is 3.31. The zero-order chi connectivity index (χ0) is 18.6. The van der Waals surface area contributed by atoms with Crippen LogP contribution in [-0.4, -0.2) is 41.0 Å². The fraction of sp³-hybridized carbons (Fsp3) is 0.400. The van der Waals surface area contributed by atoms with Crippen LogP contribution in [0.2, 0.25) is 0 Å². The molecule has 0 radical (unpaired) electrons. The number of rotatable bonds is 7. The number of hydrogen-bond acceptors (Lipinski definition) is 6. The van der Waals surface area contributed by atoms with Gasteiger partial charge in [0.1, 0.15) is 5.75 Å². The lowest BCUT2D eigenvalue weighted by atomic mass is 10.1. The van der Waals surface area contributed by atoms with E-state index in [9.17, 15) is 0 Å². The molecule has 7 nitrogen and oxygen atoms in total. The van der Waals surface area contributed by atoms with Crippen LogP contribution in [0.15, 0.2) is 36.4 Å². The van der Waals surface area contributed by atoms with Crippen LogP contribution in [0.1, 0.15) is 19.3 Å². The molecule has 0 aliphatic carbocycles. The Balaban J connectivity index is 1.37. The highest BCUT2D eigenvalue weighted by molar-refractivity contribution is 5.91. The number of aromatic nitrogens is 3. The molecule has 0 unspecified atom stereocenters. The minimum atomic E-state index is 0.279. The second-order valence-electron chi connectivity index (χ2n) is 6.90. The molecular formula is C20H26N6O. The molecule has 4 rings (SSSR count). The van der Waals surface area contributed by atoms with Crippen LogP contribution in [0.25, 0.3) is 10.8 Å². The summed E-state index contributed by atoms with van der Waals surface area (Å²) in [7, 11) is 1.82. The van der Waals surface area contributed by atoms with Crippen LogP contribution in [0, 0.1) is 0 Å². The zero-order valence-electron chi connectivity index (χ0n) is 15.7. The first-order valence-electron chi connectivity index (χ1n) is 9.51. The van der Waals surface area contributed by atoms with Gasteiger partial charge in [0, 0.05) is 37.8 Å². The molecule has 1 aliphatic rings. The Morgan fingerprint density at radius 3 is 2.81 bits per heavy atom. The van der Waals surface area contributed by atoms with Gasteiger partial charge < -0.3 is 20.7 Å². The van der Waals surface area contributed by atoms with Crippen LogP contribution in [0.4, 0.5) is 17.6 Å². The summed E-state index contributed by atoms with van der Waals surface area (Å²) in [5.41, 5.74) is 6.87. The average molecular weight is 366 g/mol. The van der Waals surface area contributed by atoms with Crippen molar-refractivity contribution >= 4 is 28.4 Å². The first-order valence-corrected chi connectivity index (χ1v) is 9.51. The molecule has 1 fully saturated rings. The summed E-state index contributed by atoms with van der Waals surface area (Å²) < 4.78 is 7.72. The molecule has 0 saturated carbocycles. The van der Waals surface area contributed by atoms with Gasteiger partial charge in [-0.15, -0.1) is 5.10 Å². The summed E-state index contributed by atoms with van der Waals surface area (Å²) in [5, 5.41) is 9.63. The van der Waals surface area contributed by atoms with Gasteiger partial charge in [-0.1, -0.05) is 18.2 Å². The summed E-state index contributed by atoms with van der Waals surface area (Å²) in [6.45, 7) is 3.67. The number of nitrogens with one attached hydrogen (secondary N) is 1. The number of nitrogens with two attached hydrogens (primary N) is 1. The molecule has 1 aromatic heterocycles. The first-order chi connectivity index (χ1) is 13.2. The van der Waals surface area contributed by atoms with Crippen molar-refractivity contribution in [1.82, 2.24) is 14.8 Å². The Bertz CT molecular complexity index is 916. The predicted molar refractivity (Wildman–Crippen MR) is 109 cm³/mol. The van der Waals surface area contributed by atoms with Crippen LogP contribution in [-0.2, 0) is 7.05 Å². The molecule has 3 N–H and O–H groups in total. The smallest absolute Gasteiger partial charge is 0.241 e. The standard InChI is InChI=1S/C20H26N6O/c1-25-20(23-19(21)24-25)22-10-5-13-27-18-7-4-6-15-8-9-16(14-17(15)18)26-11-2-3-12-26/h4,6-9,14H,2-3,5,10-13H2,1H3,(H3,21,22,23,24). The Kier molecular flexibility index (Phi) is 5.00. The van der Waals surface area contributed by atoms with Gasteiger partial charge in [-0.05, 0) is 42.8 Å². The van der Waals surface area contributed by atoms with Crippen LogP contribution >= 0.6 is 0 Å². The maximum absolute atomic E-state index is 6.08. The minimum absolute atomic E-state index is 0.279. The number of benzene rings is 2. The van der Waals surface area contributed by atoms with E-state index in [-0.39, 0.29) is 5.95 Å². The van der Waals surface area contributed by atoms with Gasteiger partial charge in [-0.3, -0.25) is 0 Å². The maximum atomic E-state index is 6.08. The van der Waals surface area contributed by atoms with E-state index in [0.29, 0.717) is 12.6 Å². The van der Waals surface area contributed by atoms with Gasteiger partial charge >= 0.3 is 0 Å². The number of nitrogen functional groups attached to an aromatic ring is 1. The zero-order valence-corrected chi connectivity index (χ0v) is 15.7. The second-order valence-corrected chi connectivity index (χ2v) is 6.90. The molecule has 0 spiro atoms. The van der Waals surface area contributed by atoms with Gasteiger partial charge in [0.15, 0.2) is 0 Å². The van der Waals surface area contributed by atoms with Crippen LogP contribution < -0.4 is 20.7 Å². The molecule has 2 aromatic carbocycles. The molecule has 1 saturated heterocycles. The summed E-state index contributed by atoms with van der Waals surface area (Å²) in [6, 6.07) is 12.9. The third-order valence-corrected chi connectivity index (χ3v) is 4.94. The number of anilines is 3. The molecule has 142 valence electrons. The Hall–Kier alpha value is -2.96. The van der Waals surface area contributed by atoms with E-state index in [4.69, 9.17) is 10.5 Å². The summed E-state index contributed by atoms with van der Waals surface area (Å²) in [5.74, 6) is 1.89. The van der Waals surface area contributed by atoms with Gasteiger partial charge in [0.05, 0.1) is 6.61 Å². The van der Waals surface area contributed by atoms with Crippen molar-refractivity contribution in [2.75, 3.05) is 42.2 Å². The lowest BCUT2D eigenvalue weighted by Crippen LogP contribution is -2.17. The SMILES string of the molecule is Cn1nc(N)nc1NCCCOc1cccc2ccc(N3CCCC3)cc12. The Morgan fingerprint density at radius 1 is 1.19 bits per heavy atom. The van der Waals surface area contributed by atoms with Crippen LogP contribution in [0.5, 0.6) is 5.75 Å². The largest absolute Gasteiger partial charge is 0.493 e. The van der Waals surface area contributed by atoms with E-state index < -0.39 is 0 Å². The normalized spacial score (nSPS) is 14.0. The van der Waals surface area contributed by atoms with Crippen LogP contribution in [0.3, 0.4) is 0 Å². The predicted octanol–water partition coefficient (Wildman–Crippen LogP) is 3.03. The number of aryl methyl sites for hydroxylation is 1. The Labute approximate surface area is 159 Å². The lowest BCUT2D eigenvalue weighted by Gasteiger charge is -2.19. The van der Waals surface area contributed by atoms with E-state index in [0.717, 1.165) is 31.8 Å². The molecule has 1 aliphatic heterocycles. The van der Waals surface area contributed by atoms with Gasteiger partial charge in [0.25, 0.3) is 0 Å². The van der Waals surface area contributed by atoms with E-state index in [1.54, 1.807) is 4.68 Å². The fourth-order valence-electron chi connectivity index (χ4n) is 3.54. The topological polar surface area (TPSA) is 81.2 Å². The molecule has 2 heterocycles. The van der Waals surface area contributed by atoms with Crippen molar-refractivity contribution in [3.63, 3.8) is 0 Å². The van der Waals surface area contributed by atoms with Gasteiger partial charge in [-0.25, -0.2) is 4.68 Å². The number of ether oxygens (including phenoxy) is 1. The first kappa shape index (κ1) is 17.5. The highest BCUT2D eigenvalue weighted by Gasteiger charge is 2.13. The quantitative estimate of drug-likeness (QED) is 0.626. The number of hydrogen-bond donors (Lipinski definition) is 2. The van der Waals surface area contributed by atoms with Gasteiger partial charge in [-0.2, -0.15) is 4.98 Å². The third kappa shape index (κ3) is 3.92. The van der Waals surface area contributed by atoms with Crippen molar-refractivity contribution < 1.29 is 4.74 Å². The summed E-state index contributed by atoms with van der Waals surface area (Å²) >= 11 is 0. The Morgan fingerprint density at radius 2 is 2.04 bits per heavy atom. The van der Waals surface area contributed by atoms with E-state index >= 15 is 0 Å². The van der Waals surface area contributed by atoms with Crippen molar-refractivity contribution in [3.05, 3.63) is 36.4 Å². The highest BCUT2D eigenvalue weighted by atomic mass is 16.5. The molecule has 0 bridgehead atoms. The molecule has 0 atom stereocenters. The van der Waals surface area contributed by atoms with Crippen molar-refractivity contribution in [1.29, 1.82) is 0 Å². The van der Waals surface area contributed by atoms with E-state index in [1.165, 1.54) is 29.3 Å². The minimum Gasteiger partial charge on any atom is -0.493 e. The number of fused-ring (bicyclic) bond motifs is 1. The summed E-state index contributed by atoms with van der Waals surface area (Å²) in [6.07, 6.45) is 3.41. The lowest BCUT2D eigenvalue weighted by molar-refractivity contribution is 0.318. The summed E-state index contributed by atoms with van der Waals surface area (Å²) in [4.78, 5) is 6.58.